The Labute approximate surface area is 220 Å². The van der Waals surface area contributed by atoms with Crippen molar-refractivity contribution >= 4 is 46.7 Å². The minimum absolute atomic E-state index is 0.0793. The van der Waals surface area contributed by atoms with Crippen LogP contribution >= 0.6 is 34.8 Å². The molecule has 1 aliphatic rings. The standard InChI is InChI=1S/C26H29Cl3N4O2/c1-15-23(16-5-7-17(27)8-6-16)33(21-10-9-18(28)13-20(21)29)31-24(15)30-19-11-12-32(25(34)35)22(14-19)26(2,3)4/h5-10,13,19,22H,11-12,14H2,1-4H3,(H,30,31)(H,34,35). The molecule has 6 nitrogen and oxygen atoms in total. The first-order valence-corrected chi connectivity index (χ1v) is 12.7. The molecule has 9 heteroatoms. The quantitative estimate of drug-likeness (QED) is 0.358. The van der Waals surface area contributed by atoms with Crippen LogP contribution in [0.15, 0.2) is 42.5 Å². The lowest BCUT2D eigenvalue weighted by atomic mass is 9.79. The Kier molecular flexibility index (Phi) is 7.28. The van der Waals surface area contributed by atoms with Gasteiger partial charge in [-0.2, -0.15) is 0 Å². The van der Waals surface area contributed by atoms with Crippen molar-refractivity contribution in [3.63, 3.8) is 0 Å². The van der Waals surface area contributed by atoms with Gasteiger partial charge in [-0.05, 0) is 55.5 Å². The molecule has 186 valence electrons. The first-order valence-electron chi connectivity index (χ1n) is 11.5. The van der Waals surface area contributed by atoms with E-state index in [2.05, 4.69) is 26.1 Å². The van der Waals surface area contributed by atoms with Crippen molar-refractivity contribution in [2.75, 3.05) is 11.9 Å². The summed E-state index contributed by atoms with van der Waals surface area (Å²) in [4.78, 5) is 13.4. The van der Waals surface area contributed by atoms with Gasteiger partial charge in [-0.25, -0.2) is 9.48 Å². The lowest BCUT2D eigenvalue weighted by Crippen LogP contribution is -2.54. The highest BCUT2D eigenvalue weighted by Crippen LogP contribution is 2.37. The molecule has 2 aromatic carbocycles. The van der Waals surface area contributed by atoms with Crippen molar-refractivity contribution < 1.29 is 9.90 Å². The van der Waals surface area contributed by atoms with Crippen LogP contribution < -0.4 is 5.32 Å². The number of aromatic nitrogens is 2. The van der Waals surface area contributed by atoms with Crippen LogP contribution in [0.4, 0.5) is 10.6 Å². The second-order valence-corrected chi connectivity index (χ2v) is 11.3. The van der Waals surface area contributed by atoms with E-state index in [-0.39, 0.29) is 17.5 Å². The number of nitrogens with zero attached hydrogens (tertiary/aromatic N) is 3. The number of piperidine rings is 1. The number of carbonyl (C=O) groups is 1. The van der Waals surface area contributed by atoms with Gasteiger partial charge in [-0.15, -0.1) is 5.10 Å². The van der Waals surface area contributed by atoms with Crippen molar-refractivity contribution in [3.05, 3.63) is 63.1 Å². The molecule has 4 rings (SSSR count). The van der Waals surface area contributed by atoms with Gasteiger partial charge in [0.2, 0.25) is 0 Å². The summed E-state index contributed by atoms with van der Waals surface area (Å²) in [5.41, 5.74) is 3.34. The highest BCUT2D eigenvalue weighted by Gasteiger charge is 2.39. The maximum Gasteiger partial charge on any atom is 0.407 e. The zero-order valence-corrected chi connectivity index (χ0v) is 22.4. The average molecular weight is 536 g/mol. The molecule has 1 fully saturated rings. The van der Waals surface area contributed by atoms with Gasteiger partial charge in [0.15, 0.2) is 5.82 Å². The van der Waals surface area contributed by atoms with E-state index in [9.17, 15) is 9.90 Å². The molecular weight excluding hydrogens is 507 g/mol. The fraction of sp³-hybridized carbons (Fsp3) is 0.385. The van der Waals surface area contributed by atoms with E-state index < -0.39 is 6.09 Å². The summed E-state index contributed by atoms with van der Waals surface area (Å²) in [5.74, 6) is 0.738. The van der Waals surface area contributed by atoms with Crippen LogP contribution in [0.5, 0.6) is 0 Å². The Balaban J connectivity index is 1.73. The Morgan fingerprint density at radius 3 is 2.34 bits per heavy atom. The number of nitrogens with one attached hydrogen (secondary N) is 1. The van der Waals surface area contributed by atoms with Crippen LogP contribution in [0.2, 0.25) is 15.1 Å². The smallest absolute Gasteiger partial charge is 0.407 e. The maximum absolute atomic E-state index is 11.8. The van der Waals surface area contributed by atoms with Crippen molar-refractivity contribution in [2.45, 2.75) is 52.6 Å². The predicted molar refractivity (Wildman–Crippen MR) is 143 cm³/mol. The van der Waals surface area contributed by atoms with Crippen LogP contribution in [0.1, 0.15) is 39.2 Å². The highest BCUT2D eigenvalue weighted by molar-refractivity contribution is 6.35. The lowest BCUT2D eigenvalue weighted by molar-refractivity contribution is 0.0557. The molecule has 0 saturated carbocycles. The number of halogens is 3. The van der Waals surface area contributed by atoms with Crippen molar-refractivity contribution in [2.24, 2.45) is 5.41 Å². The molecule has 1 aliphatic heterocycles. The molecule has 0 bridgehead atoms. The first-order chi connectivity index (χ1) is 16.5. The summed E-state index contributed by atoms with van der Waals surface area (Å²) >= 11 is 18.9. The van der Waals surface area contributed by atoms with Crippen LogP contribution in [-0.4, -0.2) is 44.5 Å². The fourth-order valence-electron chi connectivity index (χ4n) is 4.75. The van der Waals surface area contributed by atoms with Crippen LogP contribution in [0, 0.1) is 12.3 Å². The van der Waals surface area contributed by atoms with Crippen molar-refractivity contribution in [3.8, 4) is 16.9 Å². The Bertz CT molecular complexity index is 1230. The monoisotopic (exact) mass is 534 g/mol. The van der Waals surface area contributed by atoms with Gasteiger partial charge in [0.1, 0.15) is 0 Å². The molecule has 0 spiro atoms. The summed E-state index contributed by atoms with van der Waals surface area (Å²) in [5, 5.41) is 19.9. The molecule has 1 amide bonds. The number of hydrogen-bond donors (Lipinski definition) is 2. The number of benzene rings is 2. The number of likely N-dealkylation sites (tertiary alicyclic amines) is 1. The van der Waals surface area contributed by atoms with E-state index in [1.807, 2.05) is 41.9 Å². The molecule has 2 unspecified atom stereocenters. The Hall–Kier alpha value is -2.41. The fourth-order valence-corrected chi connectivity index (χ4v) is 5.36. The highest BCUT2D eigenvalue weighted by atomic mass is 35.5. The molecule has 2 heterocycles. The Morgan fingerprint density at radius 1 is 1.09 bits per heavy atom. The summed E-state index contributed by atoms with van der Waals surface area (Å²) < 4.78 is 1.83. The van der Waals surface area contributed by atoms with Gasteiger partial charge in [0.25, 0.3) is 0 Å². The summed E-state index contributed by atoms with van der Waals surface area (Å²) in [6.07, 6.45) is 0.523. The number of hydrogen-bond acceptors (Lipinski definition) is 3. The summed E-state index contributed by atoms with van der Waals surface area (Å²) in [6, 6.07) is 12.9. The van der Waals surface area contributed by atoms with Crippen LogP contribution in [0.3, 0.4) is 0 Å². The molecule has 0 aliphatic carbocycles. The zero-order valence-electron chi connectivity index (χ0n) is 20.1. The third-order valence-corrected chi connectivity index (χ3v) is 7.36. The van der Waals surface area contributed by atoms with Crippen molar-refractivity contribution in [1.82, 2.24) is 14.7 Å². The molecule has 2 N–H and O–H groups in total. The topological polar surface area (TPSA) is 70.4 Å². The van der Waals surface area contributed by atoms with E-state index >= 15 is 0 Å². The van der Waals surface area contributed by atoms with E-state index in [0.29, 0.717) is 40.1 Å². The Morgan fingerprint density at radius 2 is 1.74 bits per heavy atom. The number of anilines is 1. The van der Waals surface area contributed by atoms with Gasteiger partial charge >= 0.3 is 6.09 Å². The van der Waals surface area contributed by atoms with Crippen LogP contribution in [-0.2, 0) is 0 Å². The molecule has 35 heavy (non-hydrogen) atoms. The molecule has 1 aromatic heterocycles. The molecule has 2 atom stereocenters. The second-order valence-electron chi connectivity index (χ2n) is 10.1. The number of rotatable bonds is 4. The van der Waals surface area contributed by atoms with Crippen LogP contribution in [0.25, 0.3) is 16.9 Å². The minimum atomic E-state index is -0.869. The van der Waals surface area contributed by atoms with Gasteiger partial charge < -0.3 is 15.3 Å². The normalized spacial score (nSPS) is 18.5. The van der Waals surface area contributed by atoms with E-state index in [1.54, 1.807) is 17.0 Å². The van der Waals surface area contributed by atoms with E-state index in [0.717, 1.165) is 22.6 Å². The van der Waals surface area contributed by atoms with Gasteiger partial charge in [0, 0.05) is 39.8 Å². The summed E-state index contributed by atoms with van der Waals surface area (Å²) in [6.45, 7) is 8.74. The van der Waals surface area contributed by atoms with Gasteiger partial charge in [-0.3, -0.25) is 0 Å². The summed E-state index contributed by atoms with van der Waals surface area (Å²) in [7, 11) is 0. The average Bonchev–Trinajstić information content (AvgIpc) is 3.09. The number of amides is 1. The van der Waals surface area contributed by atoms with Gasteiger partial charge in [-0.1, -0.05) is 67.7 Å². The first kappa shape index (κ1) is 25.7. The zero-order chi connectivity index (χ0) is 25.5. The van der Waals surface area contributed by atoms with Crippen molar-refractivity contribution in [1.29, 1.82) is 0 Å². The third-order valence-electron chi connectivity index (χ3n) is 6.57. The largest absolute Gasteiger partial charge is 0.465 e. The molecular formula is C26H29Cl3N4O2. The van der Waals surface area contributed by atoms with E-state index in [4.69, 9.17) is 39.9 Å². The maximum atomic E-state index is 11.8. The van der Waals surface area contributed by atoms with E-state index in [1.165, 1.54) is 0 Å². The SMILES string of the molecule is Cc1c(NC2CCN(C(=O)O)C(C(C)(C)C)C2)nn(-c2ccc(Cl)cc2Cl)c1-c1ccc(Cl)cc1. The number of carboxylic acid groups (broad SMARTS) is 1. The lowest BCUT2D eigenvalue weighted by Gasteiger charge is -2.44. The molecule has 1 saturated heterocycles. The molecule has 0 radical (unpaired) electrons. The predicted octanol–water partition coefficient (Wildman–Crippen LogP) is 7.78. The van der Waals surface area contributed by atoms with Gasteiger partial charge in [0.05, 0.1) is 16.4 Å². The molecule has 3 aromatic rings. The minimum Gasteiger partial charge on any atom is -0.465 e. The second kappa shape index (κ2) is 9.92. The third kappa shape index (κ3) is 5.40.